The minimum absolute atomic E-state index is 0.0328. The van der Waals surface area contributed by atoms with Gasteiger partial charge in [-0.15, -0.1) is 0 Å². The van der Waals surface area contributed by atoms with Crippen molar-refractivity contribution in [3.8, 4) is 17.1 Å². The fourth-order valence-electron chi connectivity index (χ4n) is 7.51. The molecule has 7 rings (SSSR count). The minimum atomic E-state index is -0.179. The zero-order valence-electron chi connectivity index (χ0n) is 29.9. The average molecular weight is 679 g/mol. The van der Waals surface area contributed by atoms with Gasteiger partial charge in [-0.05, 0) is 87.2 Å². The number of nitrogens with zero attached hydrogens (tertiary/aromatic N) is 6. The molecule has 264 valence electrons. The van der Waals surface area contributed by atoms with Crippen LogP contribution in [0.5, 0.6) is 5.75 Å². The highest BCUT2D eigenvalue weighted by Gasteiger charge is 2.31. The summed E-state index contributed by atoms with van der Waals surface area (Å²) in [4.78, 5) is 28.8. The highest BCUT2D eigenvalue weighted by molar-refractivity contribution is 6.05. The Hall–Kier alpha value is -4.48. The van der Waals surface area contributed by atoms with Crippen molar-refractivity contribution < 1.29 is 14.3 Å². The van der Waals surface area contributed by atoms with E-state index in [-0.39, 0.29) is 12.0 Å². The van der Waals surface area contributed by atoms with E-state index < -0.39 is 0 Å². The minimum Gasteiger partial charge on any atom is -0.494 e. The molecule has 4 aromatic rings. The lowest BCUT2D eigenvalue weighted by Gasteiger charge is -2.34. The van der Waals surface area contributed by atoms with Crippen molar-refractivity contribution >= 4 is 28.9 Å². The number of methoxy groups -OCH3 is 1. The highest BCUT2D eigenvalue weighted by Crippen LogP contribution is 2.37. The summed E-state index contributed by atoms with van der Waals surface area (Å²) >= 11 is 0. The summed E-state index contributed by atoms with van der Waals surface area (Å²) in [5.41, 5.74) is 9.23. The van der Waals surface area contributed by atoms with E-state index in [1.54, 1.807) is 7.11 Å². The Kier molecular flexibility index (Phi) is 10.3. The Morgan fingerprint density at radius 3 is 2.54 bits per heavy atom. The summed E-state index contributed by atoms with van der Waals surface area (Å²) in [6, 6.07) is 12.5. The summed E-state index contributed by atoms with van der Waals surface area (Å²) < 4.78 is 14.0. The van der Waals surface area contributed by atoms with Crippen LogP contribution < -0.4 is 20.3 Å². The molecule has 11 heteroatoms. The maximum Gasteiger partial charge on any atom is 0.276 e. The van der Waals surface area contributed by atoms with E-state index in [0.29, 0.717) is 18.2 Å². The van der Waals surface area contributed by atoms with Crippen LogP contribution in [0.1, 0.15) is 72.3 Å². The molecule has 0 spiro atoms. The number of ether oxygens (including phenoxy) is 2. The van der Waals surface area contributed by atoms with E-state index in [4.69, 9.17) is 24.5 Å². The Balaban J connectivity index is 1.24. The van der Waals surface area contributed by atoms with Gasteiger partial charge in [0, 0.05) is 62.0 Å². The Morgan fingerprint density at radius 1 is 1.02 bits per heavy atom. The highest BCUT2D eigenvalue weighted by atomic mass is 16.5. The molecule has 0 saturated carbocycles. The van der Waals surface area contributed by atoms with Gasteiger partial charge in [0.05, 0.1) is 36.8 Å². The Morgan fingerprint density at radius 2 is 1.82 bits per heavy atom. The van der Waals surface area contributed by atoms with E-state index in [1.807, 2.05) is 16.9 Å². The molecule has 11 nitrogen and oxygen atoms in total. The van der Waals surface area contributed by atoms with E-state index in [1.165, 1.54) is 0 Å². The first-order chi connectivity index (χ1) is 24.4. The molecule has 2 fully saturated rings. The molecule has 2 aliphatic heterocycles. The molecular weight excluding hydrogens is 628 g/mol. The smallest absolute Gasteiger partial charge is 0.276 e. The number of benzene rings is 2. The van der Waals surface area contributed by atoms with Gasteiger partial charge < -0.3 is 29.9 Å². The molecule has 1 aliphatic carbocycles. The van der Waals surface area contributed by atoms with Gasteiger partial charge in [0.1, 0.15) is 5.75 Å². The van der Waals surface area contributed by atoms with Crippen molar-refractivity contribution in [2.24, 2.45) is 0 Å². The van der Waals surface area contributed by atoms with Crippen molar-refractivity contribution in [2.75, 3.05) is 62.5 Å². The molecule has 2 saturated heterocycles. The molecule has 2 aromatic heterocycles. The number of rotatable bonds is 10. The summed E-state index contributed by atoms with van der Waals surface area (Å²) in [5, 5.41) is 11.8. The number of carbonyl (C=O) groups excluding carboxylic acids is 1. The molecular formula is C39H50N8O3. The average Bonchev–Trinajstić information content (AvgIpc) is 3.39. The third kappa shape index (κ3) is 7.07. The van der Waals surface area contributed by atoms with Crippen LogP contribution in [0.2, 0.25) is 0 Å². The van der Waals surface area contributed by atoms with Gasteiger partial charge in [-0.3, -0.25) is 9.48 Å². The first-order valence-electron chi connectivity index (χ1n) is 18.3. The number of aromatic nitrogens is 4. The zero-order valence-corrected chi connectivity index (χ0v) is 29.9. The van der Waals surface area contributed by atoms with Crippen molar-refractivity contribution in [1.29, 1.82) is 0 Å². The van der Waals surface area contributed by atoms with E-state index in [0.717, 1.165) is 141 Å². The topological polar surface area (TPSA) is 110 Å². The fraction of sp³-hybridized carbons (Fsp3) is 0.487. The first-order valence-corrected chi connectivity index (χ1v) is 18.3. The van der Waals surface area contributed by atoms with Crippen LogP contribution in [0.25, 0.3) is 11.4 Å². The number of carbonyl (C=O) groups is 1. The van der Waals surface area contributed by atoms with Gasteiger partial charge in [-0.1, -0.05) is 32.0 Å². The summed E-state index contributed by atoms with van der Waals surface area (Å²) in [5.74, 6) is 1.03. The largest absolute Gasteiger partial charge is 0.494 e. The molecule has 0 bridgehead atoms. The summed E-state index contributed by atoms with van der Waals surface area (Å²) in [6.07, 6.45) is 9.18. The van der Waals surface area contributed by atoms with Crippen molar-refractivity contribution in [3.05, 3.63) is 70.5 Å². The molecule has 1 amide bonds. The third-order valence-electron chi connectivity index (χ3n) is 10.4. The maximum atomic E-state index is 14.2. The van der Waals surface area contributed by atoms with Gasteiger partial charge in [-0.2, -0.15) is 5.10 Å². The Bertz CT molecular complexity index is 1800. The molecule has 1 unspecified atom stereocenters. The van der Waals surface area contributed by atoms with Crippen LogP contribution >= 0.6 is 0 Å². The fourth-order valence-corrected chi connectivity index (χ4v) is 7.51. The quantitative estimate of drug-likeness (QED) is 0.200. The standard InChI is InChI=1S/C39H50N8O3/c1-5-26-11-9-12-27(6-2)34(26)42-38(48)36-31-15-10-13-28-24-40-39(43-35(28)37(31)47(44-36)25-30-14-7-8-22-50-30)41-32-17-16-29(23-33(32)49-4)46-20-18-45(3)19-21-46/h9,11-12,16-17,23-24,30H,5-8,10,13-15,18-22,25H2,1-4H3,(H,42,48)(H,40,41,43). The number of fused-ring (bicyclic) bond motifs is 3. The number of nitrogens with one attached hydrogen (secondary N) is 2. The zero-order chi connectivity index (χ0) is 34.6. The number of hydrogen-bond donors (Lipinski definition) is 2. The number of anilines is 4. The van der Waals surface area contributed by atoms with Gasteiger partial charge in [0.25, 0.3) is 5.91 Å². The van der Waals surface area contributed by atoms with Crippen molar-refractivity contribution in [2.45, 2.75) is 77.9 Å². The van der Waals surface area contributed by atoms with Crippen molar-refractivity contribution in [3.63, 3.8) is 0 Å². The van der Waals surface area contributed by atoms with Crippen LogP contribution in [-0.4, -0.2) is 83.6 Å². The van der Waals surface area contributed by atoms with Crippen LogP contribution in [0.15, 0.2) is 42.6 Å². The molecule has 0 radical (unpaired) electrons. The number of likely N-dealkylation sites (N-methyl/N-ethyl adjacent to an activating group) is 1. The van der Waals surface area contributed by atoms with Crippen molar-refractivity contribution in [1.82, 2.24) is 24.6 Å². The molecule has 2 aromatic carbocycles. The second-order valence-corrected chi connectivity index (χ2v) is 13.7. The molecule has 3 aliphatic rings. The number of hydrogen-bond acceptors (Lipinski definition) is 9. The monoisotopic (exact) mass is 678 g/mol. The number of para-hydroxylation sites is 1. The van der Waals surface area contributed by atoms with E-state index >= 15 is 0 Å². The molecule has 2 N–H and O–H groups in total. The third-order valence-corrected chi connectivity index (χ3v) is 10.4. The number of aryl methyl sites for hydroxylation is 3. The molecule has 50 heavy (non-hydrogen) atoms. The second-order valence-electron chi connectivity index (χ2n) is 13.7. The van der Waals surface area contributed by atoms with E-state index in [9.17, 15) is 4.79 Å². The summed E-state index contributed by atoms with van der Waals surface area (Å²) in [6.45, 7) is 9.58. The van der Waals surface area contributed by atoms with Gasteiger partial charge >= 0.3 is 0 Å². The number of amides is 1. The predicted octanol–water partition coefficient (Wildman–Crippen LogP) is 6.28. The van der Waals surface area contributed by atoms with Gasteiger partial charge in [-0.25, -0.2) is 9.97 Å². The van der Waals surface area contributed by atoms with Gasteiger partial charge in [0.15, 0.2) is 5.69 Å². The first kappa shape index (κ1) is 34.0. The van der Waals surface area contributed by atoms with Crippen LogP contribution in [0, 0.1) is 0 Å². The van der Waals surface area contributed by atoms with Crippen LogP contribution in [0.4, 0.5) is 23.0 Å². The van der Waals surface area contributed by atoms with Gasteiger partial charge in [0.2, 0.25) is 5.95 Å². The SMILES string of the molecule is CCc1cccc(CC)c1NC(=O)c1nn(CC2CCCCO2)c2c1CCCc1cnc(Nc3ccc(N4CCN(C)CC4)cc3OC)nc1-2. The lowest BCUT2D eigenvalue weighted by Crippen LogP contribution is -2.44. The second kappa shape index (κ2) is 15.2. The lowest BCUT2D eigenvalue weighted by atomic mass is 10.0. The van der Waals surface area contributed by atoms with Crippen LogP contribution in [-0.2, 0) is 37.0 Å². The number of piperazine rings is 1. The predicted molar refractivity (Wildman–Crippen MR) is 198 cm³/mol. The lowest BCUT2D eigenvalue weighted by molar-refractivity contribution is 0.00421. The Labute approximate surface area is 295 Å². The summed E-state index contributed by atoms with van der Waals surface area (Å²) in [7, 11) is 3.86. The molecule has 1 atom stereocenters. The molecule has 4 heterocycles. The normalized spacial score (nSPS) is 17.8. The maximum absolute atomic E-state index is 14.2. The van der Waals surface area contributed by atoms with Crippen LogP contribution in [0.3, 0.4) is 0 Å². The van der Waals surface area contributed by atoms with E-state index in [2.05, 4.69) is 71.7 Å².